The van der Waals surface area contributed by atoms with Crippen molar-refractivity contribution in [1.29, 1.82) is 0 Å². The molecule has 2 N–H and O–H groups in total. The predicted molar refractivity (Wildman–Crippen MR) is 128 cm³/mol. The SMILES string of the molecule is C[C@]12C=CC(=O)CC1=CC[C@@H]1[C@@H]2[C@@H](O)C[C@@]2(C)[C@H]1C[C@H]1CN(C(=O)c3ccsc3)O[C@]12C(=O)CO. The highest BCUT2D eigenvalue weighted by Crippen LogP contribution is 2.70. The van der Waals surface area contributed by atoms with Crippen molar-refractivity contribution in [3.05, 3.63) is 46.2 Å². The lowest BCUT2D eigenvalue weighted by molar-refractivity contribution is -0.233. The fourth-order valence-corrected chi connectivity index (χ4v) is 9.17. The fourth-order valence-electron chi connectivity index (χ4n) is 8.54. The van der Waals surface area contributed by atoms with E-state index in [-0.39, 0.29) is 41.9 Å². The van der Waals surface area contributed by atoms with Crippen molar-refractivity contribution in [3.63, 3.8) is 0 Å². The number of hydrogen-bond donors (Lipinski definition) is 2. The van der Waals surface area contributed by atoms with Gasteiger partial charge in [0.15, 0.2) is 17.2 Å². The monoisotopic (exact) mass is 497 g/mol. The minimum atomic E-state index is -1.35. The maximum Gasteiger partial charge on any atom is 0.278 e. The highest BCUT2D eigenvalue weighted by atomic mass is 32.1. The average Bonchev–Trinajstić information content (AvgIpc) is 3.54. The van der Waals surface area contributed by atoms with Crippen LogP contribution in [0.2, 0.25) is 0 Å². The van der Waals surface area contributed by atoms with E-state index in [9.17, 15) is 24.6 Å². The van der Waals surface area contributed by atoms with Gasteiger partial charge in [-0.1, -0.05) is 31.6 Å². The molecule has 0 radical (unpaired) electrons. The summed E-state index contributed by atoms with van der Waals surface area (Å²) in [7, 11) is 0. The van der Waals surface area contributed by atoms with Crippen LogP contribution in [0.1, 0.15) is 49.9 Å². The summed E-state index contributed by atoms with van der Waals surface area (Å²) in [5.41, 5.74) is -0.892. The molecule has 1 aromatic rings. The van der Waals surface area contributed by atoms with Crippen LogP contribution in [0.4, 0.5) is 0 Å². The smallest absolute Gasteiger partial charge is 0.278 e. The van der Waals surface area contributed by atoms with E-state index in [1.165, 1.54) is 16.4 Å². The molecule has 1 aromatic heterocycles. The van der Waals surface area contributed by atoms with Crippen LogP contribution in [0.5, 0.6) is 0 Å². The van der Waals surface area contributed by atoms with Crippen molar-refractivity contribution in [2.75, 3.05) is 13.2 Å². The summed E-state index contributed by atoms with van der Waals surface area (Å²) in [6.45, 7) is 3.74. The number of carbonyl (C=O) groups excluding carboxylic acids is 3. The number of aliphatic hydroxyl groups is 2. The first kappa shape index (κ1) is 23.3. The van der Waals surface area contributed by atoms with Gasteiger partial charge in [-0.3, -0.25) is 19.2 Å². The van der Waals surface area contributed by atoms with Crippen LogP contribution in [0.3, 0.4) is 0 Å². The molecule has 5 aliphatic rings. The number of rotatable bonds is 3. The number of hydrogen-bond acceptors (Lipinski definition) is 7. The van der Waals surface area contributed by atoms with Crippen LogP contribution in [0.25, 0.3) is 0 Å². The summed E-state index contributed by atoms with van der Waals surface area (Å²) in [6.07, 6.45) is 7.23. The van der Waals surface area contributed by atoms with E-state index in [4.69, 9.17) is 4.84 Å². The Kier molecular flexibility index (Phi) is 5.11. The molecule has 0 unspecified atom stereocenters. The van der Waals surface area contributed by atoms with E-state index in [1.54, 1.807) is 17.5 Å². The van der Waals surface area contributed by atoms with Gasteiger partial charge in [0.2, 0.25) is 0 Å². The first-order valence-electron chi connectivity index (χ1n) is 12.4. The van der Waals surface area contributed by atoms with Gasteiger partial charge in [-0.05, 0) is 48.6 Å². The number of aliphatic hydroxyl groups excluding tert-OH is 2. The van der Waals surface area contributed by atoms with Crippen molar-refractivity contribution < 1.29 is 29.4 Å². The number of fused-ring (bicyclic) bond motifs is 7. The zero-order chi connectivity index (χ0) is 24.8. The first-order valence-corrected chi connectivity index (χ1v) is 13.4. The number of allylic oxidation sites excluding steroid dienone is 4. The molecule has 8 atom stereocenters. The number of ketones is 2. The molecule has 1 amide bonds. The van der Waals surface area contributed by atoms with E-state index >= 15 is 0 Å². The van der Waals surface area contributed by atoms with Crippen molar-refractivity contribution in [2.45, 2.75) is 51.2 Å². The second-order valence-electron chi connectivity index (χ2n) is 11.4. The highest BCUT2D eigenvalue weighted by molar-refractivity contribution is 7.08. The normalized spacial score (nSPS) is 43.8. The number of Topliss-reactive ketones (excluding diaryl/α,β-unsaturated/α-hetero) is 1. The molecule has 186 valence electrons. The minimum absolute atomic E-state index is 0.0615. The highest BCUT2D eigenvalue weighted by Gasteiger charge is 2.75. The van der Waals surface area contributed by atoms with Crippen molar-refractivity contribution in [3.8, 4) is 0 Å². The lowest BCUT2D eigenvalue weighted by Crippen LogP contribution is -2.63. The summed E-state index contributed by atoms with van der Waals surface area (Å²) < 4.78 is 0. The van der Waals surface area contributed by atoms with Gasteiger partial charge in [-0.2, -0.15) is 11.3 Å². The van der Waals surface area contributed by atoms with Gasteiger partial charge in [-0.25, -0.2) is 5.06 Å². The van der Waals surface area contributed by atoms with Crippen molar-refractivity contribution in [2.24, 2.45) is 34.5 Å². The van der Waals surface area contributed by atoms with Crippen LogP contribution in [0.15, 0.2) is 40.6 Å². The molecular formula is C27H31NO6S. The summed E-state index contributed by atoms with van der Waals surface area (Å²) in [4.78, 5) is 45.0. The van der Waals surface area contributed by atoms with Crippen LogP contribution in [-0.2, 0) is 14.4 Å². The number of carbonyl (C=O) groups is 3. The number of amides is 1. The summed E-state index contributed by atoms with van der Waals surface area (Å²) in [6, 6.07) is 1.74. The van der Waals surface area contributed by atoms with Gasteiger partial charge in [0.05, 0.1) is 18.2 Å². The standard InChI is InChI=1S/C27H31NO6S/c1-25-7-5-18(30)9-16(25)3-4-19-20-10-17-12-28(24(33)15-6-8-35-14-15)34-27(17,22(32)13-29)26(20,2)11-21(31)23(19)25/h3,5-8,14,17,19-21,23,29,31H,4,9-13H2,1-2H3/t17-,19-,20-,21-,23+,25-,26-,27-/m0/s1. The van der Waals surface area contributed by atoms with Gasteiger partial charge in [0, 0.05) is 34.5 Å². The molecule has 6 rings (SSSR count). The van der Waals surface area contributed by atoms with E-state index < -0.39 is 34.9 Å². The second kappa shape index (κ2) is 7.68. The molecule has 0 bridgehead atoms. The lowest BCUT2D eigenvalue weighted by atomic mass is 9.47. The largest absolute Gasteiger partial charge is 0.393 e. The molecule has 2 saturated carbocycles. The number of thiophene rings is 1. The summed E-state index contributed by atoms with van der Waals surface area (Å²) >= 11 is 1.42. The minimum Gasteiger partial charge on any atom is -0.393 e. The van der Waals surface area contributed by atoms with Gasteiger partial charge >= 0.3 is 0 Å². The fraction of sp³-hybridized carbons (Fsp3) is 0.593. The van der Waals surface area contributed by atoms with Crippen LogP contribution >= 0.6 is 11.3 Å². The van der Waals surface area contributed by atoms with Crippen molar-refractivity contribution in [1.82, 2.24) is 5.06 Å². The van der Waals surface area contributed by atoms with Crippen LogP contribution < -0.4 is 0 Å². The Balaban J connectivity index is 1.39. The topological polar surface area (TPSA) is 104 Å². The molecule has 1 saturated heterocycles. The van der Waals surface area contributed by atoms with E-state index in [1.807, 2.05) is 18.4 Å². The van der Waals surface area contributed by atoms with E-state index in [0.717, 1.165) is 12.0 Å². The Labute approximate surface area is 208 Å². The maximum atomic E-state index is 13.5. The third kappa shape index (κ3) is 2.91. The Hall–Kier alpha value is -2.13. The third-order valence-corrected chi connectivity index (χ3v) is 10.7. The molecule has 1 aliphatic heterocycles. The van der Waals surface area contributed by atoms with Gasteiger partial charge in [0.25, 0.3) is 5.91 Å². The lowest BCUT2D eigenvalue weighted by Gasteiger charge is -2.59. The molecule has 8 heteroatoms. The van der Waals surface area contributed by atoms with Crippen molar-refractivity contribution >= 4 is 28.8 Å². The Morgan fingerprint density at radius 2 is 2.11 bits per heavy atom. The molecule has 7 nitrogen and oxygen atoms in total. The summed E-state index contributed by atoms with van der Waals surface area (Å²) in [5.74, 6) is -0.741. The molecule has 0 aromatic carbocycles. The first-order chi connectivity index (χ1) is 16.7. The van der Waals surface area contributed by atoms with Crippen LogP contribution in [-0.4, -0.2) is 57.6 Å². The number of nitrogens with zero attached hydrogens (tertiary/aromatic N) is 1. The Morgan fingerprint density at radius 1 is 1.31 bits per heavy atom. The van der Waals surface area contributed by atoms with Gasteiger partial charge < -0.3 is 10.2 Å². The predicted octanol–water partition coefficient (Wildman–Crippen LogP) is 2.94. The third-order valence-electron chi connectivity index (χ3n) is 10.00. The number of hydroxylamine groups is 2. The quantitative estimate of drug-likeness (QED) is 0.623. The summed E-state index contributed by atoms with van der Waals surface area (Å²) in [5, 5.41) is 26.6. The van der Waals surface area contributed by atoms with Crippen LogP contribution in [0, 0.1) is 34.5 Å². The molecule has 0 spiro atoms. The maximum absolute atomic E-state index is 13.5. The zero-order valence-corrected chi connectivity index (χ0v) is 20.8. The molecule has 2 heterocycles. The Morgan fingerprint density at radius 3 is 2.83 bits per heavy atom. The van der Waals surface area contributed by atoms with Gasteiger partial charge in [-0.15, -0.1) is 0 Å². The van der Waals surface area contributed by atoms with E-state index in [2.05, 4.69) is 13.0 Å². The molecule has 35 heavy (non-hydrogen) atoms. The second-order valence-corrected chi connectivity index (χ2v) is 12.2. The molecular weight excluding hydrogens is 466 g/mol. The molecule has 3 fully saturated rings. The Bertz CT molecular complexity index is 1160. The van der Waals surface area contributed by atoms with Gasteiger partial charge in [0.1, 0.15) is 6.61 Å². The zero-order valence-electron chi connectivity index (χ0n) is 20.0. The van der Waals surface area contributed by atoms with E-state index in [0.29, 0.717) is 24.8 Å². The average molecular weight is 498 g/mol. The molecule has 4 aliphatic carbocycles.